The minimum atomic E-state index is -0.224. The van der Waals surface area contributed by atoms with E-state index in [2.05, 4.69) is 10.3 Å². The fourth-order valence-corrected chi connectivity index (χ4v) is 2.43. The van der Waals surface area contributed by atoms with Gasteiger partial charge in [-0.05, 0) is 31.2 Å². The van der Waals surface area contributed by atoms with Crippen LogP contribution in [0.1, 0.15) is 6.92 Å². The highest BCUT2D eigenvalue weighted by molar-refractivity contribution is 8.00. The summed E-state index contributed by atoms with van der Waals surface area (Å²) in [5, 5.41) is 3.47. The number of nitrogens with zero attached hydrogens (tertiary/aromatic N) is 2. The third kappa shape index (κ3) is 3.54. The van der Waals surface area contributed by atoms with Crippen LogP contribution in [-0.4, -0.2) is 27.8 Å². The Hall–Kier alpha value is -1.95. The number of methoxy groups -OCH3 is 1. The molecule has 1 aromatic carbocycles. The number of anilines is 1. The molecule has 1 amide bonds. The van der Waals surface area contributed by atoms with E-state index in [1.54, 1.807) is 13.3 Å². The first kappa shape index (κ1) is 14.5. The predicted octanol–water partition coefficient (Wildman–Crippen LogP) is 2.55. The van der Waals surface area contributed by atoms with E-state index < -0.39 is 0 Å². The molecular formula is C14H17N3O2S. The van der Waals surface area contributed by atoms with Crippen molar-refractivity contribution in [2.45, 2.75) is 17.3 Å². The molecule has 0 aliphatic carbocycles. The molecule has 1 N–H and O–H groups in total. The van der Waals surface area contributed by atoms with Crippen molar-refractivity contribution in [2.75, 3.05) is 12.4 Å². The summed E-state index contributed by atoms with van der Waals surface area (Å²) >= 11 is 1.43. The quantitative estimate of drug-likeness (QED) is 0.860. The lowest BCUT2D eigenvalue weighted by molar-refractivity contribution is -0.115. The van der Waals surface area contributed by atoms with Crippen LogP contribution in [0.5, 0.6) is 5.75 Å². The van der Waals surface area contributed by atoms with Crippen molar-refractivity contribution in [2.24, 2.45) is 7.05 Å². The first-order valence-corrected chi connectivity index (χ1v) is 7.07. The van der Waals surface area contributed by atoms with E-state index in [0.29, 0.717) is 0 Å². The largest absolute Gasteiger partial charge is 0.497 e. The number of aryl methyl sites for hydroxylation is 1. The molecule has 0 radical (unpaired) electrons. The van der Waals surface area contributed by atoms with Gasteiger partial charge in [0.15, 0.2) is 5.16 Å². The van der Waals surface area contributed by atoms with Crippen LogP contribution in [0.25, 0.3) is 0 Å². The average Bonchev–Trinajstić information content (AvgIpc) is 2.85. The van der Waals surface area contributed by atoms with E-state index in [1.807, 2.05) is 49.0 Å². The predicted molar refractivity (Wildman–Crippen MR) is 80.2 cm³/mol. The van der Waals surface area contributed by atoms with Gasteiger partial charge in [-0.1, -0.05) is 11.8 Å². The molecule has 0 bridgehead atoms. The Labute approximate surface area is 122 Å². The third-order valence-electron chi connectivity index (χ3n) is 2.79. The van der Waals surface area contributed by atoms with Crippen LogP contribution in [0.15, 0.2) is 41.8 Å². The van der Waals surface area contributed by atoms with Crippen LogP contribution in [-0.2, 0) is 11.8 Å². The van der Waals surface area contributed by atoms with E-state index in [9.17, 15) is 4.79 Å². The van der Waals surface area contributed by atoms with Crippen LogP contribution in [0.4, 0.5) is 5.69 Å². The number of carbonyl (C=O) groups excluding carboxylic acids is 1. The highest BCUT2D eigenvalue weighted by atomic mass is 32.2. The maximum Gasteiger partial charge on any atom is 0.237 e. The topological polar surface area (TPSA) is 56.1 Å². The number of rotatable bonds is 5. The summed E-state index contributed by atoms with van der Waals surface area (Å²) < 4.78 is 6.97. The molecule has 0 aliphatic heterocycles. The maximum absolute atomic E-state index is 12.1. The number of hydrogen-bond donors (Lipinski definition) is 1. The van der Waals surface area contributed by atoms with Crippen molar-refractivity contribution in [3.05, 3.63) is 36.7 Å². The van der Waals surface area contributed by atoms with Gasteiger partial charge in [0.1, 0.15) is 5.75 Å². The minimum absolute atomic E-state index is 0.0526. The fraction of sp³-hybridized carbons (Fsp3) is 0.286. The molecule has 0 saturated heterocycles. The van der Waals surface area contributed by atoms with Gasteiger partial charge in [-0.15, -0.1) is 0 Å². The Balaban J connectivity index is 1.95. The molecule has 20 heavy (non-hydrogen) atoms. The summed E-state index contributed by atoms with van der Waals surface area (Å²) in [7, 11) is 3.52. The van der Waals surface area contributed by atoms with Crippen molar-refractivity contribution in [3.8, 4) is 5.75 Å². The number of carbonyl (C=O) groups is 1. The van der Waals surface area contributed by atoms with Crippen molar-refractivity contribution in [3.63, 3.8) is 0 Å². The van der Waals surface area contributed by atoms with E-state index in [1.165, 1.54) is 11.8 Å². The second kappa shape index (κ2) is 6.47. The molecule has 1 unspecified atom stereocenters. The first-order valence-electron chi connectivity index (χ1n) is 6.19. The summed E-state index contributed by atoms with van der Waals surface area (Å²) in [6.45, 7) is 1.86. The van der Waals surface area contributed by atoms with Gasteiger partial charge in [-0.3, -0.25) is 4.79 Å². The summed E-state index contributed by atoms with van der Waals surface area (Å²) in [6, 6.07) is 7.25. The molecule has 6 heteroatoms. The monoisotopic (exact) mass is 291 g/mol. The number of ether oxygens (including phenoxy) is 1. The van der Waals surface area contributed by atoms with Gasteiger partial charge >= 0.3 is 0 Å². The molecule has 2 aromatic rings. The Morgan fingerprint density at radius 3 is 2.65 bits per heavy atom. The molecule has 1 heterocycles. The van der Waals surface area contributed by atoms with Gasteiger partial charge in [-0.25, -0.2) is 4.98 Å². The molecular weight excluding hydrogens is 274 g/mol. The van der Waals surface area contributed by atoms with Gasteiger partial charge in [0.05, 0.1) is 12.4 Å². The zero-order valence-electron chi connectivity index (χ0n) is 11.7. The van der Waals surface area contributed by atoms with E-state index in [0.717, 1.165) is 16.6 Å². The van der Waals surface area contributed by atoms with Gasteiger partial charge in [0, 0.05) is 25.1 Å². The Kier molecular flexibility index (Phi) is 4.68. The lowest BCUT2D eigenvalue weighted by Crippen LogP contribution is -2.22. The Morgan fingerprint density at radius 2 is 2.10 bits per heavy atom. The number of nitrogens with one attached hydrogen (secondary N) is 1. The van der Waals surface area contributed by atoms with Crippen LogP contribution in [0.3, 0.4) is 0 Å². The first-order chi connectivity index (χ1) is 9.60. The smallest absolute Gasteiger partial charge is 0.237 e. The Morgan fingerprint density at radius 1 is 1.40 bits per heavy atom. The van der Waals surface area contributed by atoms with Crippen LogP contribution in [0.2, 0.25) is 0 Å². The summed E-state index contributed by atoms with van der Waals surface area (Å²) in [5.41, 5.74) is 0.753. The molecule has 1 aromatic heterocycles. The Bertz CT molecular complexity index is 580. The van der Waals surface area contributed by atoms with Crippen molar-refractivity contribution < 1.29 is 9.53 Å². The minimum Gasteiger partial charge on any atom is -0.497 e. The highest BCUT2D eigenvalue weighted by Crippen LogP contribution is 2.22. The zero-order chi connectivity index (χ0) is 14.5. The fourth-order valence-electron chi connectivity index (χ4n) is 1.60. The van der Waals surface area contributed by atoms with E-state index >= 15 is 0 Å². The molecule has 5 nitrogen and oxygen atoms in total. The molecule has 0 aliphatic rings. The summed E-state index contributed by atoms with van der Waals surface area (Å²) in [4.78, 5) is 16.3. The maximum atomic E-state index is 12.1. The summed E-state index contributed by atoms with van der Waals surface area (Å²) in [6.07, 6.45) is 3.58. The zero-order valence-corrected chi connectivity index (χ0v) is 12.5. The van der Waals surface area contributed by atoms with Crippen molar-refractivity contribution >= 4 is 23.4 Å². The molecule has 106 valence electrons. The summed E-state index contributed by atoms with van der Waals surface area (Å²) in [5.74, 6) is 0.710. The number of aromatic nitrogens is 2. The van der Waals surface area contributed by atoms with E-state index in [4.69, 9.17) is 4.74 Å². The molecule has 2 rings (SSSR count). The second-order valence-corrected chi connectivity index (χ2v) is 5.61. The molecule has 0 saturated carbocycles. The normalized spacial score (nSPS) is 11.9. The lowest BCUT2D eigenvalue weighted by Gasteiger charge is -2.12. The molecule has 0 spiro atoms. The SMILES string of the molecule is COc1ccc(NC(=O)C(C)Sc2nccn2C)cc1. The van der Waals surface area contributed by atoms with Gasteiger partial charge in [-0.2, -0.15) is 0 Å². The van der Waals surface area contributed by atoms with Crippen molar-refractivity contribution in [1.82, 2.24) is 9.55 Å². The van der Waals surface area contributed by atoms with Crippen LogP contribution in [0, 0.1) is 0 Å². The van der Waals surface area contributed by atoms with Crippen molar-refractivity contribution in [1.29, 1.82) is 0 Å². The number of imidazole rings is 1. The van der Waals surface area contributed by atoms with Gasteiger partial charge in [0.2, 0.25) is 5.91 Å². The third-order valence-corrected chi connectivity index (χ3v) is 3.96. The van der Waals surface area contributed by atoms with Gasteiger partial charge in [0.25, 0.3) is 0 Å². The van der Waals surface area contributed by atoms with Gasteiger partial charge < -0.3 is 14.6 Å². The highest BCUT2D eigenvalue weighted by Gasteiger charge is 2.16. The second-order valence-electron chi connectivity index (χ2n) is 4.30. The molecule has 1 atom stereocenters. The number of hydrogen-bond acceptors (Lipinski definition) is 4. The number of thioether (sulfide) groups is 1. The van der Waals surface area contributed by atoms with E-state index in [-0.39, 0.29) is 11.2 Å². The average molecular weight is 291 g/mol. The number of benzene rings is 1. The lowest BCUT2D eigenvalue weighted by atomic mass is 10.3. The molecule has 0 fully saturated rings. The number of amides is 1. The standard InChI is InChI=1S/C14H17N3O2S/c1-10(20-14-15-8-9-17(14)2)13(18)16-11-4-6-12(19-3)7-5-11/h4-10H,1-3H3,(H,16,18). The van der Waals surface area contributed by atoms with Crippen LogP contribution < -0.4 is 10.1 Å². The van der Waals surface area contributed by atoms with Crippen LogP contribution >= 0.6 is 11.8 Å².